The van der Waals surface area contributed by atoms with Gasteiger partial charge in [0.25, 0.3) is 0 Å². The minimum Gasteiger partial charge on any atom is -0.396 e. The van der Waals surface area contributed by atoms with Crippen molar-refractivity contribution in [1.82, 2.24) is 4.90 Å². The van der Waals surface area contributed by atoms with Crippen LogP contribution in [-0.2, 0) is 0 Å². The Balaban J connectivity index is 2.49. The lowest BCUT2D eigenvalue weighted by atomic mass is 9.83. The Morgan fingerprint density at radius 2 is 2.00 bits per heavy atom. The average molecular weight is 243 g/mol. The molecule has 0 radical (unpaired) electrons. The largest absolute Gasteiger partial charge is 0.396 e. The summed E-state index contributed by atoms with van der Waals surface area (Å²) in [5.74, 6) is 0. The molecule has 1 rings (SSSR count). The molecule has 0 aromatic heterocycles. The van der Waals surface area contributed by atoms with Crippen LogP contribution in [0.4, 0.5) is 0 Å². The molecule has 0 saturated heterocycles. The smallest absolute Gasteiger partial charge is 0.0497 e. The molecule has 0 aliphatic heterocycles. The van der Waals surface area contributed by atoms with Crippen molar-refractivity contribution in [2.45, 2.75) is 58.4 Å². The van der Waals surface area contributed by atoms with Gasteiger partial charge in [-0.2, -0.15) is 0 Å². The van der Waals surface area contributed by atoms with Crippen LogP contribution in [0, 0.1) is 5.41 Å². The zero-order valence-corrected chi connectivity index (χ0v) is 11.5. The number of rotatable bonds is 9. The number of nitrogens with zero attached hydrogens (tertiary/aromatic N) is 1. The van der Waals surface area contributed by atoms with E-state index < -0.39 is 0 Å². The fraction of sp³-hybridized carbons (Fsp3) is 1.00. The molecular formula is C14H29NO2. The molecule has 0 heterocycles. The van der Waals surface area contributed by atoms with Crippen LogP contribution in [0.2, 0.25) is 0 Å². The summed E-state index contributed by atoms with van der Waals surface area (Å²) in [6.07, 6.45) is 6.97. The van der Waals surface area contributed by atoms with Crippen molar-refractivity contribution < 1.29 is 10.2 Å². The molecule has 102 valence electrons. The zero-order chi connectivity index (χ0) is 12.7. The highest BCUT2D eigenvalue weighted by molar-refractivity contribution is 4.85. The quantitative estimate of drug-likeness (QED) is 0.651. The van der Waals surface area contributed by atoms with Crippen LogP contribution in [-0.4, -0.2) is 47.5 Å². The van der Waals surface area contributed by atoms with E-state index in [0.717, 1.165) is 32.4 Å². The molecule has 17 heavy (non-hydrogen) atoms. The molecule has 0 amide bonds. The lowest BCUT2D eigenvalue weighted by Crippen LogP contribution is -2.47. The third kappa shape index (κ3) is 4.57. The van der Waals surface area contributed by atoms with E-state index in [0.29, 0.717) is 6.04 Å². The summed E-state index contributed by atoms with van der Waals surface area (Å²) < 4.78 is 0. The van der Waals surface area contributed by atoms with Gasteiger partial charge in [0, 0.05) is 37.8 Å². The standard InChI is InChI=1S/C14H29NO2/c1-3-8-14(2,12-17)11-15(9-5-10-16)13-6-4-7-13/h13,16-17H,3-12H2,1-2H3. The van der Waals surface area contributed by atoms with Crippen LogP contribution in [0.3, 0.4) is 0 Å². The Kier molecular flexibility index (Phi) is 6.45. The summed E-state index contributed by atoms with van der Waals surface area (Å²) in [5.41, 5.74) is 0.0276. The van der Waals surface area contributed by atoms with Gasteiger partial charge in [-0.15, -0.1) is 0 Å². The second-order valence-corrected chi connectivity index (χ2v) is 5.85. The normalized spacial score (nSPS) is 20.3. The second-order valence-electron chi connectivity index (χ2n) is 5.85. The van der Waals surface area contributed by atoms with E-state index in [2.05, 4.69) is 18.7 Å². The van der Waals surface area contributed by atoms with Gasteiger partial charge in [0.2, 0.25) is 0 Å². The SMILES string of the molecule is CCCC(C)(CO)CN(CCCO)C1CCC1. The molecule has 0 bridgehead atoms. The van der Waals surface area contributed by atoms with E-state index in [1.807, 2.05) is 0 Å². The molecule has 3 heteroatoms. The molecule has 1 fully saturated rings. The molecule has 0 aromatic rings. The Hall–Kier alpha value is -0.120. The van der Waals surface area contributed by atoms with Crippen LogP contribution >= 0.6 is 0 Å². The first-order valence-corrected chi connectivity index (χ1v) is 7.11. The number of aliphatic hydroxyl groups excluding tert-OH is 2. The van der Waals surface area contributed by atoms with Crippen molar-refractivity contribution in [2.24, 2.45) is 5.41 Å². The highest BCUT2D eigenvalue weighted by atomic mass is 16.3. The third-order valence-corrected chi connectivity index (χ3v) is 4.01. The first-order valence-electron chi connectivity index (χ1n) is 7.11. The minimum atomic E-state index is 0.0276. The zero-order valence-electron chi connectivity index (χ0n) is 11.5. The summed E-state index contributed by atoms with van der Waals surface area (Å²) in [5, 5.41) is 18.6. The lowest BCUT2D eigenvalue weighted by molar-refractivity contribution is 0.0334. The lowest BCUT2D eigenvalue weighted by Gasteiger charge is -2.42. The maximum absolute atomic E-state index is 9.59. The topological polar surface area (TPSA) is 43.7 Å². The number of hydrogen-bond acceptors (Lipinski definition) is 3. The van der Waals surface area contributed by atoms with Gasteiger partial charge in [0.05, 0.1) is 0 Å². The summed E-state index contributed by atoms with van der Waals surface area (Å²) in [6.45, 7) is 6.84. The van der Waals surface area contributed by atoms with Crippen molar-refractivity contribution in [2.75, 3.05) is 26.3 Å². The fourth-order valence-corrected chi connectivity index (χ4v) is 2.72. The number of aliphatic hydroxyl groups is 2. The Morgan fingerprint density at radius 1 is 1.29 bits per heavy atom. The van der Waals surface area contributed by atoms with Crippen molar-refractivity contribution in [3.05, 3.63) is 0 Å². The van der Waals surface area contributed by atoms with E-state index in [1.165, 1.54) is 19.3 Å². The molecule has 3 nitrogen and oxygen atoms in total. The molecule has 2 N–H and O–H groups in total. The van der Waals surface area contributed by atoms with Gasteiger partial charge >= 0.3 is 0 Å². The van der Waals surface area contributed by atoms with Crippen LogP contribution in [0.5, 0.6) is 0 Å². The monoisotopic (exact) mass is 243 g/mol. The maximum atomic E-state index is 9.59. The van der Waals surface area contributed by atoms with Gasteiger partial charge in [0.15, 0.2) is 0 Å². The Morgan fingerprint density at radius 3 is 2.41 bits per heavy atom. The molecule has 0 spiro atoms. The molecule has 1 aliphatic rings. The van der Waals surface area contributed by atoms with Gasteiger partial charge in [-0.3, -0.25) is 4.90 Å². The van der Waals surface area contributed by atoms with Crippen LogP contribution in [0.15, 0.2) is 0 Å². The molecule has 1 unspecified atom stereocenters. The first kappa shape index (κ1) is 14.9. The fourth-order valence-electron chi connectivity index (χ4n) is 2.72. The predicted molar refractivity (Wildman–Crippen MR) is 71.0 cm³/mol. The molecule has 1 aliphatic carbocycles. The minimum absolute atomic E-state index is 0.0276. The first-order chi connectivity index (χ1) is 8.15. The van der Waals surface area contributed by atoms with E-state index in [4.69, 9.17) is 5.11 Å². The second kappa shape index (κ2) is 7.34. The Bertz CT molecular complexity index is 206. The van der Waals surface area contributed by atoms with Gasteiger partial charge in [-0.25, -0.2) is 0 Å². The van der Waals surface area contributed by atoms with Gasteiger partial charge in [-0.1, -0.05) is 26.7 Å². The summed E-state index contributed by atoms with van der Waals surface area (Å²) in [7, 11) is 0. The summed E-state index contributed by atoms with van der Waals surface area (Å²) in [4.78, 5) is 2.49. The van der Waals surface area contributed by atoms with E-state index in [1.54, 1.807) is 0 Å². The highest BCUT2D eigenvalue weighted by Gasteiger charge is 2.31. The van der Waals surface area contributed by atoms with Crippen molar-refractivity contribution in [3.8, 4) is 0 Å². The van der Waals surface area contributed by atoms with Crippen LogP contribution in [0.25, 0.3) is 0 Å². The predicted octanol–water partition coefficient (Wildman–Crippen LogP) is 2.02. The van der Waals surface area contributed by atoms with Crippen molar-refractivity contribution in [1.29, 1.82) is 0 Å². The van der Waals surface area contributed by atoms with E-state index in [9.17, 15) is 5.11 Å². The van der Waals surface area contributed by atoms with Crippen molar-refractivity contribution >= 4 is 0 Å². The Labute approximate surface area is 106 Å². The van der Waals surface area contributed by atoms with Gasteiger partial charge < -0.3 is 10.2 Å². The van der Waals surface area contributed by atoms with E-state index in [-0.39, 0.29) is 18.6 Å². The molecule has 1 saturated carbocycles. The van der Waals surface area contributed by atoms with Gasteiger partial charge in [0.1, 0.15) is 0 Å². The highest BCUT2D eigenvalue weighted by Crippen LogP contribution is 2.30. The van der Waals surface area contributed by atoms with Crippen LogP contribution in [0.1, 0.15) is 52.4 Å². The van der Waals surface area contributed by atoms with Crippen molar-refractivity contribution in [3.63, 3.8) is 0 Å². The summed E-state index contributed by atoms with van der Waals surface area (Å²) in [6, 6.07) is 0.698. The maximum Gasteiger partial charge on any atom is 0.0497 e. The number of hydrogen-bond donors (Lipinski definition) is 2. The summed E-state index contributed by atoms with van der Waals surface area (Å²) >= 11 is 0. The van der Waals surface area contributed by atoms with Gasteiger partial charge in [-0.05, 0) is 25.7 Å². The average Bonchev–Trinajstić information content (AvgIpc) is 2.24. The molecular weight excluding hydrogens is 214 g/mol. The molecule has 0 aromatic carbocycles. The third-order valence-electron chi connectivity index (χ3n) is 4.01. The molecule has 1 atom stereocenters. The van der Waals surface area contributed by atoms with Crippen LogP contribution < -0.4 is 0 Å². The van der Waals surface area contributed by atoms with E-state index >= 15 is 0 Å².